The number of hydrogen-bond acceptors (Lipinski definition) is 7. The van der Waals surface area contributed by atoms with Crippen molar-refractivity contribution in [3.05, 3.63) is 47.7 Å². The van der Waals surface area contributed by atoms with Crippen LogP contribution in [0.2, 0.25) is 0 Å². The second-order valence-electron chi connectivity index (χ2n) is 5.97. The van der Waals surface area contributed by atoms with Crippen LogP contribution in [0.3, 0.4) is 0 Å². The van der Waals surface area contributed by atoms with E-state index in [-0.39, 0.29) is 11.9 Å². The number of fused-ring (bicyclic) bond motifs is 1. The predicted octanol–water partition coefficient (Wildman–Crippen LogP) is 2.35. The van der Waals surface area contributed by atoms with Gasteiger partial charge in [-0.05, 0) is 13.0 Å². The van der Waals surface area contributed by atoms with Crippen LogP contribution < -0.4 is 10.1 Å². The van der Waals surface area contributed by atoms with E-state index in [0.717, 1.165) is 24.2 Å². The molecule has 0 spiro atoms. The minimum Gasteiger partial charge on any atom is -0.481 e. The number of ether oxygens (including phenoxy) is 1. The van der Waals surface area contributed by atoms with Crippen molar-refractivity contribution >= 4 is 0 Å². The van der Waals surface area contributed by atoms with Gasteiger partial charge >= 0.3 is 0 Å². The van der Waals surface area contributed by atoms with Gasteiger partial charge in [-0.15, -0.1) is 0 Å². The summed E-state index contributed by atoms with van der Waals surface area (Å²) in [5.74, 6) is 0.582. The maximum Gasteiger partial charge on any atom is 0.216 e. The van der Waals surface area contributed by atoms with Crippen molar-refractivity contribution in [3.63, 3.8) is 0 Å². The van der Waals surface area contributed by atoms with E-state index in [9.17, 15) is 4.39 Å². The summed E-state index contributed by atoms with van der Waals surface area (Å²) in [6.07, 6.45) is 4.01. The van der Waals surface area contributed by atoms with Gasteiger partial charge in [-0.2, -0.15) is 0 Å². The highest BCUT2D eigenvalue weighted by atomic mass is 19.1. The Morgan fingerprint density at radius 2 is 1.92 bits per heavy atom. The van der Waals surface area contributed by atoms with Gasteiger partial charge in [-0.3, -0.25) is 0 Å². The maximum atomic E-state index is 14.0. The Morgan fingerprint density at radius 1 is 1.12 bits per heavy atom. The third-order valence-corrected chi connectivity index (χ3v) is 4.25. The van der Waals surface area contributed by atoms with Crippen molar-refractivity contribution < 1.29 is 9.13 Å². The molecule has 4 heterocycles. The van der Waals surface area contributed by atoms with Crippen LogP contribution in [0.25, 0.3) is 23.0 Å². The molecule has 1 aliphatic rings. The number of nitrogens with zero attached hydrogens (tertiary/aromatic N) is 5. The van der Waals surface area contributed by atoms with E-state index >= 15 is 0 Å². The van der Waals surface area contributed by atoms with Crippen molar-refractivity contribution in [2.45, 2.75) is 19.4 Å². The lowest BCUT2D eigenvalue weighted by atomic mass is 9.96. The molecule has 3 aromatic rings. The van der Waals surface area contributed by atoms with E-state index in [1.165, 1.54) is 19.2 Å². The van der Waals surface area contributed by atoms with E-state index in [1.54, 1.807) is 18.5 Å². The normalized spacial score (nSPS) is 16.2. The van der Waals surface area contributed by atoms with Crippen LogP contribution in [-0.4, -0.2) is 38.6 Å². The van der Waals surface area contributed by atoms with E-state index in [4.69, 9.17) is 4.74 Å². The number of aromatic nitrogens is 5. The first-order valence-electron chi connectivity index (χ1n) is 8.29. The Hall–Kier alpha value is -3.00. The molecule has 0 fully saturated rings. The summed E-state index contributed by atoms with van der Waals surface area (Å²) in [6, 6.07) is 4.34. The monoisotopic (exact) mass is 352 g/mol. The zero-order valence-electron chi connectivity index (χ0n) is 14.4. The lowest BCUT2D eigenvalue weighted by Gasteiger charge is -2.25. The summed E-state index contributed by atoms with van der Waals surface area (Å²) in [6.45, 7) is 2.83. The molecular weight excluding hydrogens is 335 g/mol. The molecule has 4 rings (SSSR count). The van der Waals surface area contributed by atoms with Gasteiger partial charge in [0.05, 0.1) is 24.2 Å². The van der Waals surface area contributed by atoms with Gasteiger partial charge in [0.25, 0.3) is 0 Å². The summed E-state index contributed by atoms with van der Waals surface area (Å²) in [5, 5.41) is 3.39. The highest BCUT2D eigenvalue weighted by molar-refractivity contribution is 5.65. The second-order valence-corrected chi connectivity index (χ2v) is 5.97. The first kappa shape index (κ1) is 16.5. The summed E-state index contributed by atoms with van der Waals surface area (Å²) < 4.78 is 19.2. The average Bonchev–Trinajstić information content (AvgIpc) is 2.67. The molecule has 26 heavy (non-hydrogen) atoms. The number of hydrogen-bond donors (Lipinski definition) is 1. The molecule has 7 nitrogen and oxygen atoms in total. The molecule has 3 aromatic heterocycles. The lowest BCUT2D eigenvalue weighted by molar-refractivity contribution is 0.394. The quantitative estimate of drug-likeness (QED) is 0.774. The SMILES string of the molecule is COc1cc(F)cc(-c2nc(-c3ncccn3)nc3c2C(C)NCC3)n1. The summed E-state index contributed by atoms with van der Waals surface area (Å²) in [5.41, 5.74) is 2.77. The average molecular weight is 352 g/mol. The Labute approximate surface area is 149 Å². The molecule has 0 aromatic carbocycles. The standard InChI is InChI=1S/C18H17FN6O/c1-10-15-12(4-7-20-10)24-18(17-21-5-3-6-22-17)25-16(15)13-8-11(19)9-14(23-13)26-2/h3,5-6,8-10,20H,4,7H2,1-2H3. The molecule has 0 saturated carbocycles. The Morgan fingerprint density at radius 3 is 2.69 bits per heavy atom. The number of nitrogens with one attached hydrogen (secondary N) is 1. The number of halogens is 1. The van der Waals surface area contributed by atoms with Crippen LogP contribution in [0, 0.1) is 5.82 Å². The van der Waals surface area contributed by atoms with Gasteiger partial charge in [0.1, 0.15) is 5.82 Å². The predicted molar refractivity (Wildman–Crippen MR) is 92.9 cm³/mol. The molecule has 1 unspecified atom stereocenters. The van der Waals surface area contributed by atoms with Crippen molar-refractivity contribution in [3.8, 4) is 28.9 Å². The highest BCUT2D eigenvalue weighted by Gasteiger charge is 2.26. The molecule has 8 heteroatoms. The molecule has 1 atom stereocenters. The van der Waals surface area contributed by atoms with Crippen molar-refractivity contribution in [2.75, 3.05) is 13.7 Å². The van der Waals surface area contributed by atoms with E-state index in [2.05, 4.69) is 30.2 Å². The zero-order chi connectivity index (χ0) is 18.1. The van der Waals surface area contributed by atoms with Crippen LogP contribution in [0.5, 0.6) is 5.88 Å². The third kappa shape index (κ3) is 2.99. The second kappa shape index (κ2) is 6.72. The fraction of sp³-hybridized carbons (Fsp3) is 0.278. The molecule has 0 radical (unpaired) electrons. The Balaban J connectivity index is 1.96. The van der Waals surface area contributed by atoms with E-state index in [0.29, 0.717) is 23.0 Å². The minimum absolute atomic E-state index is 0.0237. The van der Waals surface area contributed by atoms with Crippen LogP contribution >= 0.6 is 0 Å². The number of methoxy groups -OCH3 is 1. The number of rotatable bonds is 3. The molecule has 0 aliphatic carbocycles. The molecule has 0 bridgehead atoms. The van der Waals surface area contributed by atoms with Crippen molar-refractivity contribution in [1.82, 2.24) is 30.2 Å². The topological polar surface area (TPSA) is 85.7 Å². The first-order chi connectivity index (χ1) is 12.7. The van der Waals surface area contributed by atoms with Gasteiger partial charge in [-0.1, -0.05) is 0 Å². The van der Waals surface area contributed by atoms with Crippen molar-refractivity contribution in [1.29, 1.82) is 0 Å². The summed E-state index contributed by atoms with van der Waals surface area (Å²) >= 11 is 0. The third-order valence-electron chi connectivity index (χ3n) is 4.25. The van der Waals surface area contributed by atoms with Crippen LogP contribution in [-0.2, 0) is 6.42 Å². The largest absolute Gasteiger partial charge is 0.481 e. The van der Waals surface area contributed by atoms with Gasteiger partial charge in [0, 0.05) is 49.1 Å². The summed E-state index contributed by atoms with van der Waals surface area (Å²) in [4.78, 5) is 22.1. The van der Waals surface area contributed by atoms with Gasteiger partial charge in [0.15, 0.2) is 11.6 Å². The van der Waals surface area contributed by atoms with Crippen LogP contribution in [0.15, 0.2) is 30.6 Å². The fourth-order valence-corrected chi connectivity index (χ4v) is 3.08. The Bertz CT molecular complexity index is 950. The highest BCUT2D eigenvalue weighted by Crippen LogP contribution is 2.33. The van der Waals surface area contributed by atoms with E-state index < -0.39 is 5.82 Å². The van der Waals surface area contributed by atoms with Crippen LogP contribution in [0.4, 0.5) is 4.39 Å². The van der Waals surface area contributed by atoms with Gasteiger partial charge in [-0.25, -0.2) is 29.3 Å². The molecule has 0 amide bonds. The lowest BCUT2D eigenvalue weighted by Crippen LogP contribution is -2.30. The Kier molecular flexibility index (Phi) is 4.26. The van der Waals surface area contributed by atoms with Gasteiger partial charge in [0.2, 0.25) is 5.88 Å². The molecule has 132 valence electrons. The minimum atomic E-state index is -0.437. The first-order valence-corrected chi connectivity index (χ1v) is 8.29. The smallest absolute Gasteiger partial charge is 0.216 e. The number of pyridine rings is 1. The summed E-state index contributed by atoms with van der Waals surface area (Å²) in [7, 11) is 1.45. The fourth-order valence-electron chi connectivity index (χ4n) is 3.08. The van der Waals surface area contributed by atoms with Gasteiger partial charge < -0.3 is 10.1 Å². The molecule has 1 N–H and O–H groups in total. The molecular formula is C18H17FN6O. The van der Waals surface area contributed by atoms with Crippen molar-refractivity contribution in [2.24, 2.45) is 0 Å². The molecule has 1 aliphatic heterocycles. The zero-order valence-corrected chi connectivity index (χ0v) is 14.4. The maximum absolute atomic E-state index is 14.0. The molecule has 0 saturated heterocycles. The van der Waals surface area contributed by atoms with Crippen LogP contribution in [0.1, 0.15) is 24.2 Å². The van der Waals surface area contributed by atoms with E-state index in [1.807, 2.05) is 6.92 Å².